The van der Waals surface area contributed by atoms with Crippen LogP contribution in [0.25, 0.3) is 6.08 Å². The van der Waals surface area contributed by atoms with Gasteiger partial charge in [0.25, 0.3) is 5.91 Å². The summed E-state index contributed by atoms with van der Waals surface area (Å²) in [6.07, 6.45) is 2.13. The summed E-state index contributed by atoms with van der Waals surface area (Å²) in [7, 11) is 3.30. The third-order valence-electron chi connectivity index (χ3n) is 3.78. The van der Waals surface area contributed by atoms with Gasteiger partial charge < -0.3 is 18.8 Å². The molecule has 2 rings (SSSR count). The number of rotatable bonds is 8. The minimum absolute atomic E-state index is 0.0674. The Hall–Kier alpha value is -3.53. The van der Waals surface area contributed by atoms with Crippen molar-refractivity contribution in [1.29, 1.82) is 5.26 Å². The molecular formula is C21H22N2O5. The van der Waals surface area contributed by atoms with E-state index in [1.165, 1.54) is 23.3 Å². The molecule has 0 aliphatic rings. The largest absolute Gasteiger partial charge is 0.490 e. The van der Waals surface area contributed by atoms with E-state index in [1.54, 1.807) is 45.3 Å². The Bertz CT molecular complexity index is 907. The zero-order chi connectivity index (χ0) is 20.7. The highest BCUT2D eigenvalue weighted by Crippen LogP contribution is 2.30. The highest BCUT2D eigenvalue weighted by Gasteiger charge is 2.19. The Balaban J connectivity index is 2.31. The Morgan fingerprint density at radius 3 is 2.61 bits per heavy atom. The van der Waals surface area contributed by atoms with Crippen LogP contribution in [0, 0.1) is 11.3 Å². The highest BCUT2D eigenvalue weighted by atomic mass is 16.5. The molecule has 0 aliphatic heterocycles. The van der Waals surface area contributed by atoms with Crippen molar-refractivity contribution in [2.24, 2.45) is 0 Å². The third kappa shape index (κ3) is 5.01. The van der Waals surface area contributed by atoms with E-state index in [-0.39, 0.29) is 17.2 Å². The first-order chi connectivity index (χ1) is 13.4. The van der Waals surface area contributed by atoms with Gasteiger partial charge in [-0.3, -0.25) is 9.59 Å². The minimum atomic E-state index is -0.689. The molecule has 28 heavy (non-hydrogen) atoms. The third-order valence-corrected chi connectivity index (χ3v) is 3.78. The summed E-state index contributed by atoms with van der Waals surface area (Å²) in [4.78, 5) is 25.8. The van der Waals surface area contributed by atoms with Gasteiger partial charge in [-0.15, -0.1) is 0 Å². The van der Waals surface area contributed by atoms with Crippen LogP contribution < -0.4 is 9.47 Å². The Labute approximate surface area is 163 Å². The van der Waals surface area contributed by atoms with Crippen molar-refractivity contribution in [1.82, 2.24) is 4.90 Å². The summed E-state index contributed by atoms with van der Waals surface area (Å²) in [6.45, 7) is 3.86. The summed E-state index contributed by atoms with van der Waals surface area (Å²) in [5, 5.41) is 9.34. The Kier molecular flexibility index (Phi) is 6.99. The minimum Gasteiger partial charge on any atom is -0.490 e. The number of ether oxygens (including phenoxy) is 2. The average Bonchev–Trinajstić information content (AvgIpc) is 3.21. The lowest BCUT2D eigenvalue weighted by molar-refractivity contribution is -0.135. The molecule has 1 atom stereocenters. The smallest absolute Gasteiger partial charge is 0.262 e. The fraction of sp³-hybridized carbons (Fsp3) is 0.286. The van der Waals surface area contributed by atoms with Crippen LogP contribution >= 0.6 is 0 Å². The molecule has 0 fully saturated rings. The van der Waals surface area contributed by atoms with E-state index >= 15 is 0 Å². The Morgan fingerprint density at radius 2 is 2.04 bits per heavy atom. The zero-order valence-electron chi connectivity index (χ0n) is 16.3. The van der Waals surface area contributed by atoms with E-state index in [0.29, 0.717) is 23.7 Å². The number of benzene rings is 1. The Morgan fingerprint density at radius 1 is 1.29 bits per heavy atom. The molecule has 0 aliphatic carbocycles. The van der Waals surface area contributed by atoms with Gasteiger partial charge in [0, 0.05) is 14.1 Å². The van der Waals surface area contributed by atoms with E-state index in [1.807, 2.05) is 13.0 Å². The van der Waals surface area contributed by atoms with E-state index in [9.17, 15) is 14.9 Å². The zero-order valence-corrected chi connectivity index (χ0v) is 16.3. The van der Waals surface area contributed by atoms with Crippen LogP contribution in [0.15, 0.2) is 46.6 Å². The molecule has 0 radical (unpaired) electrons. The van der Waals surface area contributed by atoms with Gasteiger partial charge >= 0.3 is 0 Å². The maximum Gasteiger partial charge on any atom is 0.262 e. The van der Waals surface area contributed by atoms with E-state index in [4.69, 9.17) is 13.9 Å². The number of carbonyl (C=O) groups is 2. The molecule has 1 aromatic carbocycles. The first-order valence-electron chi connectivity index (χ1n) is 8.72. The number of carbonyl (C=O) groups excluding carboxylic acids is 2. The van der Waals surface area contributed by atoms with Crippen molar-refractivity contribution < 1.29 is 23.5 Å². The molecule has 0 bridgehead atoms. The first kappa shape index (κ1) is 20.8. The molecule has 0 saturated carbocycles. The van der Waals surface area contributed by atoms with Crippen LogP contribution in [0.3, 0.4) is 0 Å². The predicted molar refractivity (Wildman–Crippen MR) is 103 cm³/mol. The van der Waals surface area contributed by atoms with Gasteiger partial charge in [0.15, 0.2) is 23.4 Å². The molecule has 7 heteroatoms. The van der Waals surface area contributed by atoms with Crippen LogP contribution in [0.2, 0.25) is 0 Å². The van der Waals surface area contributed by atoms with Gasteiger partial charge in [-0.2, -0.15) is 5.26 Å². The van der Waals surface area contributed by atoms with Crippen molar-refractivity contribution in [3.63, 3.8) is 0 Å². The topological polar surface area (TPSA) is 92.8 Å². The standard InChI is InChI=1S/C21H22N2O5/c1-5-26-19-12-15(8-9-17(19)28-14(2)21(25)23(3)4)11-16(13-22)20(24)18-7-6-10-27-18/h6-12,14H,5H2,1-4H3/b16-11+/t14-/m0/s1. The van der Waals surface area contributed by atoms with Gasteiger partial charge in [-0.25, -0.2) is 0 Å². The molecule has 1 amide bonds. The van der Waals surface area contributed by atoms with E-state index in [2.05, 4.69) is 0 Å². The number of nitrogens with zero attached hydrogens (tertiary/aromatic N) is 2. The number of nitriles is 1. The number of hydrogen-bond donors (Lipinski definition) is 0. The second-order valence-electron chi connectivity index (χ2n) is 6.11. The van der Waals surface area contributed by atoms with Crippen molar-refractivity contribution in [2.45, 2.75) is 20.0 Å². The number of likely N-dealkylation sites (N-methyl/N-ethyl adjacent to an activating group) is 1. The number of hydrogen-bond acceptors (Lipinski definition) is 6. The van der Waals surface area contributed by atoms with Crippen LogP contribution in [0.4, 0.5) is 0 Å². The molecule has 7 nitrogen and oxygen atoms in total. The maximum atomic E-state index is 12.3. The normalized spacial score (nSPS) is 12.0. The van der Waals surface area contributed by atoms with Gasteiger partial charge in [-0.1, -0.05) is 6.07 Å². The van der Waals surface area contributed by atoms with Crippen LogP contribution in [0.5, 0.6) is 11.5 Å². The summed E-state index contributed by atoms with van der Waals surface area (Å²) in [5.74, 6) is 0.224. The number of amides is 1. The van der Waals surface area contributed by atoms with Crippen molar-refractivity contribution in [3.8, 4) is 17.6 Å². The maximum absolute atomic E-state index is 12.3. The second-order valence-corrected chi connectivity index (χ2v) is 6.11. The SMILES string of the molecule is CCOc1cc(/C=C(\C#N)C(=O)c2ccco2)ccc1O[C@@H](C)C(=O)N(C)C. The van der Waals surface area contributed by atoms with Crippen molar-refractivity contribution >= 4 is 17.8 Å². The highest BCUT2D eigenvalue weighted by molar-refractivity contribution is 6.12. The van der Waals surface area contributed by atoms with Gasteiger partial charge in [-0.05, 0) is 49.8 Å². The van der Waals surface area contributed by atoms with Gasteiger partial charge in [0.1, 0.15) is 11.6 Å². The van der Waals surface area contributed by atoms with Crippen molar-refractivity contribution in [3.05, 3.63) is 53.5 Å². The molecule has 0 spiro atoms. The van der Waals surface area contributed by atoms with Crippen molar-refractivity contribution in [2.75, 3.05) is 20.7 Å². The van der Waals surface area contributed by atoms with E-state index in [0.717, 1.165) is 0 Å². The van der Waals surface area contributed by atoms with E-state index < -0.39 is 11.9 Å². The second kappa shape index (κ2) is 9.42. The first-order valence-corrected chi connectivity index (χ1v) is 8.72. The monoisotopic (exact) mass is 382 g/mol. The summed E-state index contributed by atoms with van der Waals surface area (Å²) >= 11 is 0. The predicted octanol–water partition coefficient (Wildman–Crippen LogP) is 3.32. The number of ketones is 1. The van der Waals surface area contributed by atoms with Crippen LogP contribution in [0.1, 0.15) is 30.0 Å². The quantitative estimate of drug-likeness (QED) is 0.395. The van der Waals surface area contributed by atoms with Gasteiger partial charge in [0.05, 0.1) is 12.9 Å². The summed E-state index contributed by atoms with van der Waals surface area (Å²) in [6, 6.07) is 9.94. The lowest BCUT2D eigenvalue weighted by Gasteiger charge is -2.20. The fourth-order valence-electron chi connectivity index (χ4n) is 2.44. The van der Waals surface area contributed by atoms with Crippen LogP contribution in [-0.4, -0.2) is 43.4 Å². The number of furan rings is 1. The lowest BCUT2D eigenvalue weighted by atomic mass is 10.1. The summed E-state index contributed by atoms with van der Waals surface area (Å²) < 4.78 is 16.4. The lowest BCUT2D eigenvalue weighted by Crippen LogP contribution is -2.35. The average molecular weight is 382 g/mol. The fourth-order valence-corrected chi connectivity index (χ4v) is 2.44. The molecule has 0 N–H and O–H groups in total. The van der Waals surface area contributed by atoms with Crippen LogP contribution in [-0.2, 0) is 4.79 Å². The van der Waals surface area contributed by atoms with Gasteiger partial charge in [0.2, 0.25) is 5.78 Å². The summed E-state index contributed by atoms with van der Waals surface area (Å²) in [5.41, 5.74) is 0.515. The number of allylic oxidation sites excluding steroid dienone is 1. The molecule has 146 valence electrons. The molecule has 0 unspecified atom stereocenters. The molecule has 0 saturated heterocycles. The number of Topliss-reactive ketones (excluding diaryl/α,β-unsaturated/α-hetero) is 1. The molecule has 1 aromatic heterocycles. The molecule has 1 heterocycles. The molecular weight excluding hydrogens is 360 g/mol. The molecule has 2 aromatic rings.